The molecular formula is C16H17F2NO. The predicted molar refractivity (Wildman–Crippen MR) is 75.5 cm³/mol. The van der Waals surface area contributed by atoms with Gasteiger partial charge in [0, 0.05) is 24.7 Å². The van der Waals surface area contributed by atoms with Crippen LogP contribution in [0.4, 0.5) is 14.5 Å². The van der Waals surface area contributed by atoms with Gasteiger partial charge in [-0.3, -0.25) is 0 Å². The normalized spacial score (nSPS) is 12.2. The Kier molecular flexibility index (Phi) is 4.35. The van der Waals surface area contributed by atoms with Gasteiger partial charge in [-0.2, -0.15) is 0 Å². The summed E-state index contributed by atoms with van der Waals surface area (Å²) in [7, 11) is 1.68. The van der Waals surface area contributed by atoms with Crippen LogP contribution in [0.15, 0.2) is 42.5 Å². The van der Waals surface area contributed by atoms with Gasteiger partial charge in [0.2, 0.25) is 0 Å². The van der Waals surface area contributed by atoms with Crippen molar-refractivity contribution in [3.63, 3.8) is 0 Å². The fourth-order valence-corrected chi connectivity index (χ4v) is 2.23. The third-order valence-electron chi connectivity index (χ3n) is 3.22. The predicted octanol–water partition coefficient (Wildman–Crippen LogP) is 3.65. The summed E-state index contributed by atoms with van der Waals surface area (Å²) in [4.78, 5) is 1.61. The van der Waals surface area contributed by atoms with E-state index in [0.717, 1.165) is 0 Å². The monoisotopic (exact) mass is 277 g/mol. The van der Waals surface area contributed by atoms with Crippen molar-refractivity contribution in [1.29, 1.82) is 0 Å². The molecule has 0 aliphatic carbocycles. The van der Waals surface area contributed by atoms with E-state index in [9.17, 15) is 13.9 Å². The number of para-hydroxylation sites is 1. The van der Waals surface area contributed by atoms with Crippen LogP contribution in [-0.2, 0) is 6.54 Å². The zero-order chi connectivity index (χ0) is 14.7. The number of hydrogen-bond acceptors (Lipinski definition) is 2. The Balaban J connectivity index is 2.34. The minimum Gasteiger partial charge on any atom is -0.389 e. The Hall–Kier alpha value is -1.94. The topological polar surface area (TPSA) is 23.5 Å². The summed E-state index contributed by atoms with van der Waals surface area (Å²) in [6.45, 7) is 1.81. The van der Waals surface area contributed by atoms with Crippen molar-refractivity contribution in [3.05, 3.63) is 65.2 Å². The van der Waals surface area contributed by atoms with E-state index in [1.807, 2.05) is 0 Å². The Morgan fingerprint density at radius 2 is 1.70 bits per heavy atom. The zero-order valence-corrected chi connectivity index (χ0v) is 11.5. The molecule has 2 nitrogen and oxygen atoms in total. The molecule has 0 fully saturated rings. The molecule has 0 aromatic heterocycles. The van der Waals surface area contributed by atoms with Crippen LogP contribution in [0.2, 0.25) is 0 Å². The lowest BCUT2D eigenvalue weighted by atomic mass is 10.1. The summed E-state index contributed by atoms with van der Waals surface area (Å²) in [5.41, 5.74) is 1.27. The van der Waals surface area contributed by atoms with E-state index in [2.05, 4.69) is 0 Å². The van der Waals surface area contributed by atoms with Crippen molar-refractivity contribution in [2.24, 2.45) is 0 Å². The molecular weight excluding hydrogens is 260 g/mol. The van der Waals surface area contributed by atoms with Gasteiger partial charge in [0.05, 0.1) is 11.8 Å². The van der Waals surface area contributed by atoms with Gasteiger partial charge in [-0.05, 0) is 19.1 Å². The molecule has 0 aliphatic heterocycles. The second kappa shape index (κ2) is 6.01. The Morgan fingerprint density at radius 1 is 1.05 bits per heavy atom. The fraction of sp³-hybridized carbons (Fsp3) is 0.250. The van der Waals surface area contributed by atoms with Crippen molar-refractivity contribution < 1.29 is 13.9 Å². The van der Waals surface area contributed by atoms with Crippen LogP contribution in [0.5, 0.6) is 0 Å². The minimum atomic E-state index is -0.788. The van der Waals surface area contributed by atoms with E-state index in [0.29, 0.717) is 16.8 Å². The van der Waals surface area contributed by atoms with Crippen LogP contribution in [0.25, 0.3) is 0 Å². The first-order valence-electron chi connectivity index (χ1n) is 6.41. The first-order valence-corrected chi connectivity index (χ1v) is 6.41. The number of rotatable bonds is 4. The standard InChI is InChI=1S/C16H17F2NO/c1-11(20)13-7-5-9-15(18)16(13)19(2)10-12-6-3-4-8-14(12)17/h3-9,11,20H,10H2,1-2H3. The number of aliphatic hydroxyl groups excluding tert-OH is 1. The average Bonchev–Trinajstić information content (AvgIpc) is 2.40. The van der Waals surface area contributed by atoms with Gasteiger partial charge in [-0.1, -0.05) is 30.3 Å². The second-order valence-corrected chi connectivity index (χ2v) is 4.80. The molecule has 0 bridgehead atoms. The zero-order valence-electron chi connectivity index (χ0n) is 11.5. The van der Waals surface area contributed by atoms with Crippen LogP contribution in [-0.4, -0.2) is 12.2 Å². The fourth-order valence-electron chi connectivity index (χ4n) is 2.23. The molecule has 0 aliphatic rings. The summed E-state index contributed by atoms with van der Waals surface area (Å²) in [6, 6.07) is 10.9. The van der Waals surface area contributed by atoms with Crippen molar-refractivity contribution >= 4 is 5.69 Å². The number of nitrogens with zero attached hydrogens (tertiary/aromatic N) is 1. The summed E-state index contributed by atoms with van der Waals surface area (Å²) in [5.74, 6) is -0.753. The highest BCUT2D eigenvalue weighted by Crippen LogP contribution is 2.29. The maximum atomic E-state index is 14.0. The van der Waals surface area contributed by atoms with Crippen LogP contribution in [0.3, 0.4) is 0 Å². The number of benzene rings is 2. The molecule has 106 valence electrons. The molecule has 2 aromatic carbocycles. The summed E-state index contributed by atoms with van der Waals surface area (Å²) >= 11 is 0. The average molecular weight is 277 g/mol. The third kappa shape index (κ3) is 2.96. The summed E-state index contributed by atoms with van der Waals surface area (Å²) < 4.78 is 27.7. The molecule has 0 heterocycles. The third-order valence-corrected chi connectivity index (χ3v) is 3.22. The molecule has 0 radical (unpaired) electrons. The summed E-state index contributed by atoms with van der Waals surface area (Å²) in [6.07, 6.45) is -0.788. The molecule has 2 aromatic rings. The van der Waals surface area contributed by atoms with Crippen LogP contribution < -0.4 is 4.90 Å². The van der Waals surface area contributed by atoms with Crippen LogP contribution in [0, 0.1) is 11.6 Å². The molecule has 20 heavy (non-hydrogen) atoms. The van der Waals surface area contributed by atoms with Gasteiger partial charge in [0.1, 0.15) is 11.6 Å². The Morgan fingerprint density at radius 3 is 2.35 bits per heavy atom. The van der Waals surface area contributed by atoms with Crippen molar-refractivity contribution in [2.45, 2.75) is 19.6 Å². The Bertz CT molecular complexity index is 599. The van der Waals surface area contributed by atoms with Crippen molar-refractivity contribution in [2.75, 3.05) is 11.9 Å². The molecule has 0 saturated carbocycles. The van der Waals surface area contributed by atoms with E-state index >= 15 is 0 Å². The van der Waals surface area contributed by atoms with Crippen molar-refractivity contribution in [3.8, 4) is 0 Å². The molecule has 0 amide bonds. The number of halogens is 2. The lowest BCUT2D eigenvalue weighted by molar-refractivity contribution is 0.199. The molecule has 0 spiro atoms. The van der Waals surface area contributed by atoms with Gasteiger partial charge in [-0.25, -0.2) is 8.78 Å². The lowest BCUT2D eigenvalue weighted by Crippen LogP contribution is -2.20. The molecule has 1 atom stereocenters. The highest BCUT2D eigenvalue weighted by molar-refractivity contribution is 5.55. The van der Waals surface area contributed by atoms with E-state index in [4.69, 9.17) is 0 Å². The van der Waals surface area contributed by atoms with Gasteiger partial charge in [0.15, 0.2) is 0 Å². The minimum absolute atomic E-state index is 0.229. The maximum absolute atomic E-state index is 14.0. The number of aliphatic hydroxyl groups is 1. The quantitative estimate of drug-likeness (QED) is 0.922. The van der Waals surface area contributed by atoms with E-state index in [1.54, 1.807) is 49.2 Å². The molecule has 4 heteroatoms. The summed E-state index contributed by atoms with van der Waals surface area (Å²) in [5, 5.41) is 9.73. The van der Waals surface area contributed by atoms with E-state index in [1.165, 1.54) is 12.1 Å². The van der Waals surface area contributed by atoms with Crippen LogP contribution in [0.1, 0.15) is 24.2 Å². The van der Waals surface area contributed by atoms with Crippen LogP contribution >= 0.6 is 0 Å². The van der Waals surface area contributed by atoms with E-state index < -0.39 is 11.9 Å². The number of hydrogen-bond donors (Lipinski definition) is 1. The van der Waals surface area contributed by atoms with E-state index in [-0.39, 0.29) is 12.4 Å². The molecule has 1 unspecified atom stereocenters. The highest BCUT2D eigenvalue weighted by atomic mass is 19.1. The number of anilines is 1. The second-order valence-electron chi connectivity index (χ2n) is 4.80. The van der Waals surface area contributed by atoms with Gasteiger partial charge in [-0.15, -0.1) is 0 Å². The van der Waals surface area contributed by atoms with Crippen molar-refractivity contribution in [1.82, 2.24) is 0 Å². The Labute approximate surface area is 117 Å². The van der Waals surface area contributed by atoms with Gasteiger partial charge < -0.3 is 10.0 Å². The maximum Gasteiger partial charge on any atom is 0.146 e. The first kappa shape index (κ1) is 14.5. The molecule has 0 saturated heterocycles. The van der Waals surface area contributed by atoms with Gasteiger partial charge >= 0.3 is 0 Å². The highest BCUT2D eigenvalue weighted by Gasteiger charge is 2.17. The molecule has 1 N–H and O–H groups in total. The van der Waals surface area contributed by atoms with Gasteiger partial charge in [0.25, 0.3) is 0 Å². The first-order chi connectivity index (χ1) is 9.50. The molecule has 2 rings (SSSR count). The SMILES string of the molecule is CC(O)c1cccc(F)c1N(C)Cc1ccccc1F. The smallest absolute Gasteiger partial charge is 0.146 e. The largest absolute Gasteiger partial charge is 0.389 e. The lowest BCUT2D eigenvalue weighted by Gasteiger charge is -2.24.